The highest BCUT2D eigenvalue weighted by Crippen LogP contribution is 2.58. The molecule has 5 heteroatoms. The fourth-order valence-electron chi connectivity index (χ4n) is 5.27. The van der Waals surface area contributed by atoms with Gasteiger partial charge < -0.3 is 5.11 Å². The summed E-state index contributed by atoms with van der Waals surface area (Å²) in [6, 6.07) is 3.40. The fourth-order valence-corrected chi connectivity index (χ4v) is 5.27. The van der Waals surface area contributed by atoms with Crippen molar-refractivity contribution in [1.82, 2.24) is 9.78 Å². The summed E-state index contributed by atoms with van der Waals surface area (Å²) in [6.07, 6.45) is 7.00. The number of aromatic nitrogens is 2. The van der Waals surface area contributed by atoms with Gasteiger partial charge in [-0.2, -0.15) is 10.4 Å². The van der Waals surface area contributed by atoms with Gasteiger partial charge in [0.25, 0.3) is 0 Å². The Labute approximate surface area is 117 Å². The van der Waals surface area contributed by atoms with E-state index in [1.807, 2.05) is 6.07 Å². The molecule has 0 amide bonds. The van der Waals surface area contributed by atoms with Crippen LogP contribution in [0.1, 0.15) is 54.7 Å². The number of nitriles is 1. The van der Waals surface area contributed by atoms with Gasteiger partial charge in [-0.3, -0.25) is 4.68 Å². The summed E-state index contributed by atoms with van der Waals surface area (Å²) in [5, 5.41) is 22.7. The van der Waals surface area contributed by atoms with Crippen molar-refractivity contribution in [1.29, 1.82) is 5.26 Å². The second-order valence-electron chi connectivity index (χ2n) is 6.89. The van der Waals surface area contributed by atoms with Crippen molar-refractivity contribution >= 4 is 5.97 Å². The lowest BCUT2D eigenvalue weighted by molar-refractivity contribution is -0.0508. The van der Waals surface area contributed by atoms with Crippen LogP contribution in [0.25, 0.3) is 0 Å². The predicted octanol–water partition coefficient (Wildman–Crippen LogP) is 2.38. The molecular formula is C15H17N3O2. The molecule has 1 aromatic rings. The highest BCUT2D eigenvalue weighted by Gasteiger charge is 2.53. The van der Waals surface area contributed by atoms with Crippen LogP contribution in [-0.4, -0.2) is 20.9 Å². The quantitative estimate of drug-likeness (QED) is 0.895. The summed E-state index contributed by atoms with van der Waals surface area (Å²) < 4.78 is 1.69. The van der Waals surface area contributed by atoms with Gasteiger partial charge in [-0.1, -0.05) is 0 Å². The van der Waals surface area contributed by atoms with Gasteiger partial charge in [0.1, 0.15) is 11.8 Å². The van der Waals surface area contributed by atoms with E-state index in [9.17, 15) is 9.90 Å². The van der Waals surface area contributed by atoms with Crippen molar-refractivity contribution in [2.75, 3.05) is 0 Å². The largest absolute Gasteiger partial charge is 0.477 e. The smallest absolute Gasteiger partial charge is 0.354 e. The number of nitrogens with zero attached hydrogens (tertiary/aromatic N) is 3. The van der Waals surface area contributed by atoms with Crippen LogP contribution >= 0.6 is 0 Å². The van der Waals surface area contributed by atoms with Crippen molar-refractivity contribution in [2.45, 2.75) is 44.1 Å². The normalized spacial score (nSPS) is 37.9. The third-order valence-electron chi connectivity index (χ3n) is 5.50. The monoisotopic (exact) mass is 271 g/mol. The van der Waals surface area contributed by atoms with Gasteiger partial charge >= 0.3 is 5.97 Å². The Bertz CT molecular complexity index is 590. The summed E-state index contributed by atoms with van der Waals surface area (Å²) in [5.41, 5.74) is 0.263. The number of carbonyl (C=O) groups is 1. The predicted molar refractivity (Wildman–Crippen MR) is 70.0 cm³/mol. The third kappa shape index (κ3) is 1.54. The Morgan fingerprint density at radius 2 is 1.85 bits per heavy atom. The van der Waals surface area contributed by atoms with Gasteiger partial charge in [-0.05, 0) is 56.3 Å². The maximum atomic E-state index is 11.5. The number of carboxylic acid groups (broad SMARTS) is 1. The Morgan fingerprint density at radius 3 is 2.30 bits per heavy atom. The molecule has 104 valence electrons. The number of carboxylic acids is 1. The topological polar surface area (TPSA) is 78.9 Å². The molecule has 20 heavy (non-hydrogen) atoms. The van der Waals surface area contributed by atoms with Gasteiger partial charge in [-0.15, -0.1) is 0 Å². The second kappa shape index (κ2) is 3.85. The first kappa shape index (κ1) is 12.0. The standard InChI is InChI=1S/C15H17N3O2/c16-8-12-4-13(14(19)20)18(17-12)15-5-9-1-10(6-15)3-11(2-9)7-15/h4,9-11H,1-3,5-7H2,(H,19,20). The number of hydrogen-bond acceptors (Lipinski definition) is 3. The van der Waals surface area contributed by atoms with Crippen molar-refractivity contribution in [2.24, 2.45) is 17.8 Å². The number of rotatable bonds is 2. The molecule has 0 aliphatic heterocycles. The molecule has 4 aliphatic rings. The Morgan fingerprint density at radius 1 is 1.30 bits per heavy atom. The van der Waals surface area contributed by atoms with E-state index in [4.69, 9.17) is 5.26 Å². The summed E-state index contributed by atoms with van der Waals surface area (Å²) >= 11 is 0. The van der Waals surface area contributed by atoms with Crippen molar-refractivity contribution in [3.8, 4) is 6.07 Å². The molecule has 0 atom stereocenters. The molecule has 4 saturated carbocycles. The molecule has 0 radical (unpaired) electrons. The minimum Gasteiger partial charge on any atom is -0.477 e. The van der Waals surface area contributed by atoms with E-state index in [-0.39, 0.29) is 16.9 Å². The zero-order valence-electron chi connectivity index (χ0n) is 11.2. The molecule has 4 fully saturated rings. The maximum Gasteiger partial charge on any atom is 0.354 e. The van der Waals surface area contributed by atoms with Crippen LogP contribution in [-0.2, 0) is 5.54 Å². The van der Waals surface area contributed by atoms with Crippen LogP contribution in [0.3, 0.4) is 0 Å². The summed E-state index contributed by atoms with van der Waals surface area (Å²) in [5.74, 6) is 1.18. The molecule has 1 N–H and O–H groups in total. The molecule has 4 aliphatic carbocycles. The van der Waals surface area contributed by atoms with Crippen LogP contribution in [0.5, 0.6) is 0 Å². The highest BCUT2D eigenvalue weighted by atomic mass is 16.4. The van der Waals surface area contributed by atoms with Crippen LogP contribution in [0.4, 0.5) is 0 Å². The molecule has 0 unspecified atom stereocenters. The molecule has 5 nitrogen and oxygen atoms in total. The Kier molecular flexibility index (Phi) is 2.30. The van der Waals surface area contributed by atoms with Crippen LogP contribution < -0.4 is 0 Å². The van der Waals surface area contributed by atoms with Gasteiger partial charge in [0.15, 0.2) is 5.69 Å². The summed E-state index contributed by atoms with van der Waals surface area (Å²) in [6.45, 7) is 0. The third-order valence-corrected chi connectivity index (χ3v) is 5.50. The highest BCUT2D eigenvalue weighted by molar-refractivity contribution is 5.86. The maximum absolute atomic E-state index is 11.5. The molecule has 0 aromatic carbocycles. The van der Waals surface area contributed by atoms with E-state index in [1.54, 1.807) is 4.68 Å². The van der Waals surface area contributed by atoms with Gasteiger partial charge in [-0.25, -0.2) is 4.79 Å². The van der Waals surface area contributed by atoms with E-state index in [0.29, 0.717) is 0 Å². The minimum absolute atomic E-state index is 0.141. The average molecular weight is 271 g/mol. The van der Waals surface area contributed by atoms with E-state index in [0.717, 1.165) is 37.0 Å². The molecule has 0 spiro atoms. The summed E-state index contributed by atoms with van der Waals surface area (Å²) in [7, 11) is 0. The molecule has 1 heterocycles. The molecule has 0 saturated heterocycles. The Balaban J connectivity index is 1.83. The van der Waals surface area contributed by atoms with Crippen LogP contribution in [0, 0.1) is 29.1 Å². The summed E-state index contributed by atoms with van der Waals surface area (Å²) in [4.78, 5) is 11.5. The SMILES string of the molecule is N#Cc1cc(C(=O)O)n(C23CC4CC(CC(C4)C2)C3)n1. The first-order chi connectivity index (χ1) is 9.59. The van der Waals surface area contributed by atoms with Crippen molar-refractivity contribution in [3.63, 3.8) is 0 Å². The van der Waals surface area contributed by atoms with Crippen LogP contribution in [0.2, 0.25) is 0 Å². The first-order valence-corrected chi connectivity index (χ1v) is 7.33. The zero-order valence-corrected chi connectivity index (χ0v) is 11.2. The first-order valence-electron chi connectivity index (χ1n) is 7.33. The van der Waals surface area contributed by atoms with E-state index in [1.165, 1.54) is 25.3 Å². The molecule has 1 aromatic heterocycles. The fraction of sp³-hybridized carbons (Fsp3) is 0.667. The van der Waals surface area contributed by atoms with Gasteiger partial charge in [0, 0.05) is 6.07 Å². The van der Waals surface area contributed by atoms with Crippen molar-refractivity contribution < 1.29 is 9.90 Å². The average Bonchev–Trinajstić information content (AvgIpc) is 2.82. The van der Waals surface area contributed by atoms with Crippen molar-refractivity contribution in [3.05, 3.63) is 17.5 Å². The van der Waals surface area contributed by atoms with E-state index >= 15 is 0 Å². The number of hydrogen-bond donors (Lipinski definition) is 1. The molecule has 4 bridgehead atoms. The van der Waals surface area contributed by atoms with Crippen LogP contribution in [0.15, 0.2) is 6.07 Å². The lowest BCUT2D eigenvalue weighted by Crippen LogP contribution is -2.52. The Hall–Kier alpha value is -1.83. The molecular weight excluding hydrogens is 254 g/mol. The lowest BCUT2D eigenvalue weighted by atomic mass is 9.53. The minimum atomic E-state index is -0.977. The van der Waals surface area contributed by atoms with Gasteiger partial charge in [0.2, 0.25) is 0 Å². The van der Waals surface area contributed by atoms with Gasteiger partial charge in [0.05, 0.1) is 5.54 Å². The zero-order chi connectivity index (χ0) is 13.9. The number of aromatic carboxylic acids is 1. The molecule has 5 rings (SSSR count). The van der Waals surface area contributed by atoms with E-state index in [2.05, 4.69) is 5.10 Å². The second-order valence-corrected chi connectivity index (χ2v) is 6.89. The lowest BCUT2D eigenvalue weighted by Gasteiger charge is -2.56. The van der Waals surface area contributed by atoms with E-state index < -0.39 is 5.97 Å².